The largest absolute Gasteiger partial charge is 0.352 e. The maximum atomic E-state index is 12.3. The fourth-order valence-electron chi connectivity index (χ4n) is 3.49. The summed E-state index contributed by atoms with van der Waals surface area (Å²) in [6, 6.07) is 7.68. The Bertz CT molecular complexity index is 595. The van der Waals surface area contributed by atoms with Gasteiger partial charge in [0.2, 0.25) is 11.8 Å². The molecule has 1 aliphatic rings. The molecule has 1 aliphatic heterocycles. The van der Waals surface area contributed by atoms with Crippen molar-refractivity contribution in [2.24, 2.45) is 17.8 Å². The molecule has 0 aromatic heterocycles. The number of piperidine rings is 1. The molecule has 1 saturated heterocycles. The zero-order valence-electron chi connectivity index (χ0n) is 16.3. The monoisotopic (exact) mass is 359 g/mol. The maximum Gasteiger partial charge on any atom is 0.224 e. The van der Waals surface area contributed by atoms with Gasteiger partial charge in [-0.3, -0.25) is 9.59 Å². The molecule has 3 N–H and O–H groups in total. The molecule has 0 aliphatic carbocycles. The summed E-state index contributed by atoms with van der Waals surface area (Å²) in [5.41, 5.74) is 1.78. The first-order valence-electron chi connectivity index (χ1n) is 9.80. The third kappa shape index (κ3) is 7.16. The Kier molecular flexibility index (Phi) is 8.10. The Morgan fingerprint density at radius 2 is 1.85 bits per heavy atom. The lowest BCUT2D eigenvalue weighted by Gasteiger charge is -2.27. The van der Waals surface area contributed by atoms with Crippen LogP contribution in [0.25, 0.3) is 0 Å². The third-order valence-corrected chi connectivity index (χ3v) is 4.99. The molecule has 2 rings (SSSR count). The molecule has 5 nitrogen and oxygen atoms in total. The van der Waals surface area contributed by atoms with E-state index in [4.69, 9.17) is 0 Å². The summed E-state index contributed by atoms with van der Waals surface area (Å²) in [6.07, 6.45) is 3.41. The van der Waals surface area contributed by atoms with E-state index in [1.165, 1.54) is 0 Å². The van der Waals surface area contributed by atoms with Crippen LogP contribution in [0.4, 0.5) is 5.69 Å². The second kappa shape index (κ2) is 10.3. The minimum atomic E-state index is 0.0250. The highest BCUT2D eigenvalue weighted by Gasteiger charge is 2.21. The molecule has 26 heavy (non-hydrogen) atoms. The molecule has 0 spiro atoms. The second-order valence-corrected chi connectivity index (χ2v) is 7.89. The van der Waals surface area contributed by atoms with E-state index in [1.807, 2.05) is 38.1 Å². The van der Waals surface area contributed by atoms with E-state index >= 15 is 0 Å². The van der Waals surface area contributed by atoms with Crippen LogP contribution in [0.5, 0.6) is 0 Å². The molecule has 0 radical (unpaired) electrons. The Morgan fingerprint density at radius 1 is 1.12 bits per heavy atom. The average molecular weight is 360 g/mol. The van der Waals surface area contributed by atoms with E-state index in [1.54, 1.807) is 0 Å². The van der Waals surface area contributed by atoms with Crippen LogP contribution < -0.4 is 16.0 Å². The zero-order chi connectivity index (χ0) is 18.9. The van der Waals surface area contributed by atoms with Crippen LogP contribution in [0.3, 0.4) is 0 Å². The van der Waals surface area contributed by atoms with E-state index in [2.05, 4.69) is 22.9 Å². The lowest BCUT2D eigenvalue weighted by atomic mass is 9.84. The molecule has 1 aromatic rings. The fourth-order valence-corrected chi connectivity index (χ4v) is 3.49. The summed E-state index contributed by atoms with van der Waals surface area (Å²) < 4.78 is 0. The fraction of sp³-hybridized carbons (Fsp3) is 0.619. The molecule has 1 aromatic carbocycles. The molecule has 1 heterocycles. The number of rotatable bonds is 8. The van der Waals surface area contributed by atoms with Crippen molar-refractivity contribution in [3.05, 3.63) is 29.8 Å². The Balaban J connectivity index is 1.78. The van der Waals surface area contributed by atoms with E-state index in [9.17, 15) is 9.59 Å². The van der Waals surface area contributed by atoms with Gasteiger partial charge in [-0.25, -0.2) is 0 Å². The van der Waals surface area contributed by atoms with E-state index in [0.717, 1.165) is 37.2 Å². The molecule has 5 heteroatoms. The van der Waals surface area contributed by atoms with Gasteiger partial charge in [-0.1, -0.05) is 32.9 Å². The molecule has 144 valence electrons. The lowest BCUT2D eigenvalue weighted by molar-refractivity contribution is -0.122. The molecular weight excluding hydrogens is 326 g/mol. The van der Waals surface area contributed by atoms with Crippen LogP contribution in [-0.2, 0) is 16.1 Å². The highest BCUT2D eigenvalue weighted by atomic mass is 16.2. The summed E-state index contributed by atoms with van der Waals surface area (Å²) in [5.74, 6) is 1.52. The maximum absolute atomic E-state index is 12.3. The first kappa shape index (κ1) is 20.4. The Morgan fingerprint density at radius 3 is 2.54 bits per heavy atom. The number of benzene rings is 1. The van der Waals surface area contributed by atoms with Crippen molar-refractivity contribution in [3.63, 3.8) is 0 Å². The van der Waals surface area contributed by atoms with E-state index in [-0.39, 0.29) is 11.8 Å². The van der Waals surface area contributed by atoms with Crippen LogP contribution in [0.1, 0.15) is 52.0 Å². The molecule has 1 unspecified atom stereocenters. The van der Waals surface area contributed by atoms with Crippen molar-refractivity contribution in [2.75, 3.05) is 18.4 Å². The van der Waals surface area contributed by atoms with Gasteiger partial charge in [0.05, 0.1) is 0 Å². The predicted molar refractivity (Wildman–Crippen MR) is 106 cm³/mol. The van der Waals surface area contributed by atoms with E-state index in [0.29, 0.717) is 37.1 Å². The highest BCUT2D eigenvalue weighted by molar-refractivity contribution is 5.90. The number of anilines is 1. The van der Waals surface area contributed by atoms with E-state index < -0.39 is 0 Å². The lowest BCUT2D eigenvalue weighted by Crippen LogP contribution is -2.33. The van der Waals surface area contributed by atoms with Gasteiger partial charge < -0.3 is 16.0 Å². The molecule has 0 saturated carbocycles. The van der Waals surface area contributed by atoms with Crippen LogP contribution in [-0.4, -0.2) is 24.9 Å². The van der Waals surface area contributed by atoms with Crippen molar-refractivity contribution in [1.82, 2.24) is 10.6 Å². The highest BCUT2D eigenvalue weighted by Crippen LogP contribution is 2.24. The molecule has 2 amide bonds. The number of amides is 2. The van der Waals surface area contributed by atoms with Crippen molar-refractivity contribution in [2.45, 2.75) is 53.0 Å². The molecular formula is C21H33N3O2. The minimum Gasteiger partial charge on any atom is -0.352 e. The summed E-state index contributed by atoms with van der Waals surface area (Å²) in [5, 5.41) is 9.30. The smallest absolute Gasteiger partial charge is 0.224 e. The van der Waals surface area contributed by atoms with Crippen LogP contribution in [0.15, 0.2) is 24.3 Å². The van der Waals surface area contributed by atoms with Crippen LogP contribution >= 0.6 is 0 Å². The van der Waals surface area contributed by atoms with Gasteiger partial charge in [-0.15, -0.1) is 0 Å². The minimum absolute atomic E-state index is 0.0250. The van der Waals surface area contributed by atoms with Gasteiger partial charge in [-0.05, 0) is 61.4 Å². The summed E-state index contributed by atoms with van der Waals surface area (Å²) >= 11 is 0. The molecule has 1 fully saturated rings. The summed E-state index contributed by atoms with van der Waals surface area (Å²) in [6.45, 7) is 8.84. The number of hydrogen-bond donors (Lipinski definition) is 3. The number of carbonyl (C=O) groups is 2. The standard InChI is InChI=1S/C21H33N3O2/c1-15(2)11-21(26)24-19-6-4-5-17(13-19)14-23-20(25)12-16(3)18-7-9-22-10-8-18/h4-6,13,15-16,18,22H,7-12,14H2,1-3H3,(H,23,25)(H,24,26). The normalized spacial score (nSPS) is 16.3. The number of carbonyl (C=O) groups excluding carboxylic acids is 2. The average Bonchev–Trinajstić information content (AvgIpc) is 2.60. The van der Waals surface area contributed by atoms with Gasteiger partial charge in [0, 0.05) is 25.1 Å². The molecule has 1 atom stereocenters. The van der Waals surface area contributed by atoms with Gasteiger partial charge in [0.1, 0.15) is 0 Å². The van der Waals surface area contributed by atoms with Crippen molar-refractivity contribution >= 4 is 17.5 Å². The summed E-state index contributed by atoms with van der Waals surface area (Å²) in [7, 11) is 0. The van der Waals surface area contributed by atoms with Gasteiger partial charge in [-0.2, -0.15) is 0 Å². The zero-order valence-corrected chi connectivity index (χ0v) is 16.3. The second-order valence-electron chi connectivity index (χ2n) is 7.89. The van der Waals surface area contributed by atoms with Crippen molar-refractivity contribution in [3.8, 4) is 0 Å². The van der Waals surface area contributed by atoms with Crippen molar-refractivity contribution in [1.29, 1.82) is 0 Å². The predicted octanol–water partition coefficient (Wildman–Crippen LogP) is 3.31. The van der Waals surface area contributed by atoms with Gasteiger partial charge in [0.15, 0.2) is 0 Å². The molecule has 0 bridgehead atoms. The quantitative estimate of drug-likeness (QED) is 0.667. The first-order valence-corrected chi connectivity index (χ1v) is 9.80. The first-order chi connectivity index (χ1) is 12.4. The Hall–Kier alpha value is -1.88. The Labute approximate surface area is 157 Å². The van der Waals surface area contributed by atoms with Gasteiger partial charge >= 0.3 is 0 Å². The van der Waals surface area contributed by atoms with Crippen LogP contribution in [0, 0.1) is 17.8 Å². The van der Waals surface area contributed by atoms with Crippen molar-refractivity contribution < 1.29 is 9.59 Å². The van der Waals surface area contributed by atoms with Gasteiger partial charge in [0.25, 0.3) is 0 Å². The summed E-state index contributed by atoms with van der Waals surface area (Å²) in [4.78, 5) is 24.1. The third-order valence-electron chi connectivity index (χ3n) is 4.99. The SMILES string of the molecule is CC(C)CC(=O)Nc1cccc(CNC(=O)CC(C)C2CCNCC2)c1. The topological polar surface area (TPSA) is 70.2 Å². The number of hydrogen-bond acceptors (Lipinski definition) is 3. The van der Waals surface area contributed by atoms with Crippen LogP contribution in [0.2, 0.25) is 0 Å². The number of nitrogens with one attached hydrogen (secondary N) is 3.